The molecule has 94 valence electrons. The normalized spacial score (nSPS) is 10.6. The highest BCUT2D eigenvalue weighted by Crippen LogP contribution is 2.22. The van der Waals surface area contributed by atoms with Crippen LogP contribution in [0.3, 0.4) is 0 Å². The Morgan fingerprint density at radius 3 is 2.89 bits per heavy atom. The van der Waals surface area contributed by atoms with Crippen molar-refractivity contribution in [3.8, 4) is 0 Å². The van der Waals surface area contributed by atoms with Crippen LogP contribution < -0.4 is 5.32 Å². The maximum atomic E-state index is 11.9. The molecular weight excluding hydrogens is 244 g/mol. The summed E-state index contributed by atoms with van der Waals surface area (Å²) in [7, 11) is 0. The first kappa shape index (κ1) is 12.8. The second kappa shape index (κ2) is 5.78. The predicted molar refractivity (Wildman–Crippen MR) is 73.8 cm³/mol. The van der Waals surface area contributed by atoms with Crippen molar-refractivity contribution in [2.45, 2.75) is 26.3 Å². The molecule has 18 heavy (non-hydrogen) atoms. The molecule has 0 atom stereocenters. The average Bonchev–Trinajstić information content (AvgIpc) is 2.87. The lowest BCUT2D eigenvalue weighted by Crippen LogP contribution is -2.22. The minimum atomic E-state index is -0.0381. The van der Waals surface area contributed by atoms with Crippen LogP contribution >= 0.6 is 11.3 Å². The molecule has 0 aliphatic carbocycles. The lowest BCUT2D eigenvalue weighted by atomic mass is 10.1. The fourth-order valence-corrected chi connectivity index (χ4v) is 2.46. The average molecular weight is 260 g/mol. The third kappa shape index (κ3) is 3.17. The molecule has 0 spiro atoms. The highest BCUT2D eigenvalue weighted by atomic mass is 32.1. The molecule has 2 aromatic rings. The first-order valence-corrected chi connectivity index (χ1v) is 6.81. The van der Waals surface area contributed by atoms with E-state index in [1.807, 2.05) is 29.6 Å². The van der Waals surface area contributed by atoms with Crippen molar-refractivity contribution in [1.82, 2.24) is 10.3 Å². The van der Waals surface area contributed by atoms with Crippen LogP contribution in [-0.4, -0.2) is 10.9 Å². The molecule has 0 unspecified atom stereocenters. The zero-order valence-electron chi connectivity index (χ0n) is 10.5. The monoisotopic (exact) mass is 260 g/mol. The van der Waals surface area contributed by atoms with E-state index in [1.54, 1.807) is 17.5 Å². The molecule has 4 heteroatoms. The summed E-state index contributed by atoms with van der Waals surface area (Å²) >= 11 is 1.63. The van der Waals surface area contributed by atoms with Crippen LogP contribution in [0.2, 0.25) is 0 Å². The summed E-state index contributed by atoms with van der Waals surface area (Å²) in [5, 5.41) is 4.78. The SMILES string of the molecule is CC(C)c1cc(C(=O)NCc2ccccn2)cs1. The summed E-state index contributed by atoms with van der Waals surface area (Å²) in [4.78, 5) is 17.3. The van der Waals surface area contributed by atoms with Crippen LogP contribution in [0.25, 0.3) is 0 Å². The van der Waals surface area contributed by atoms with Crippen molar-refractivity contribution in [1.29, 1.82) is 0 Å². The van der Waals surface area contributed by atoms with Gasteiger partial charge in [0, 0.05) is 16.5 Å². The number of pyridine rings is 1. The minimum absolute atomic E-state index is 0.0381. The van der Waals surface area contributed by atoms with Gasteiger partial charge in [-0.3, -0.25) is 9.78 Å². The lowest BCUT2D eigenvalue weighted by molar-refractivity contribution is 0.0951. The molecule has 2 rings (SSSR count). The van der Waals surface area contributed by atoms with Crippen LogP contribution in [0, 0.1) is 0 Å². The Morgan fingerprint density at radius 1 is 1.44 bits per heavy atom. The van der Waals surface area contributed by atoms with E-state index < -0.39 is 0 Å². The van der Waals surface area contributed by atoms with E-state index in [1.165, 1.54) is 4.88 Å². The van der Waals surface area contributed by atoms with Gasteiger partial charge in [-0.25, -0.2) is 0 Å². The second-order valence-electron chi connectivity index (χ2n) is 4.40. The molecule has 0 aliphatic rings. The molecule has 0 aliphatic heterocycles. The molecule has 2 aromatic heterocycles. The van der Waals surface area contributed by atoms with E-state index >= 15 is 0 Å². The molecule has 0 saturated carbocycles. The Hall–Kier alpha value is -1.68. The van der Waals surface area contributed by atoms with Gasteiger partial charge in [-0.05, 0) is 24.1 Å². The maximum absolute atomic E-state index is 11.9. The van der Waals surface area contributed by atoms with Crippen molar-refractivity contribution in [3.05, 3.63) is 52.0 Å². The largest absolute Gasteiger partial charge is 0.346 e. The lowest BCUT2D eigenvalue weighted by Gasteiger charge is -2.03. The Bertz CT molecular complexity index is 520. The maximum Gasteiger partial charge on any atom is 0.252 e. The van der Waals surface area contributed by atoms with E-state index in [4.69, 9.17) is 0 Å². The zero-order valence-corrected chi connectivity index (χ0v) is 11.3. The molecule has 2 heterocycles. The zero-order chi connectivity index (χ0) is 13.0. The Kier molecular flexibility index (Phi) is 4.10. The molecule has 0 aromatic carbocycles. The molecule has 0 saturated heterocycles. The number of nitrogens with zero attached hydrogens (tertiary/aromatic N) is 1. The number of hydrogen-bond acceptors (Lipinski definition) is 3. The first-order chi connectivity index (χ1) is 8.66. The first-order valence-electron chi connectivity index (χ1n) is 5.93. The Morgan fingerprint density at radius 2 is 2.28 bits per heavy atom. The Balaban J connectivity index is 1.95. The fourth-order valence-electron chi connectivity index (χ4n) is 1.55. The summed E-state index contributed by atoms with van der Waals surface area (Å²) in [5.41, 5.74) is 1.60. The molecule has 1 amide bonds. The van der Waals surface area contributed by atoms with Crippen molar-refractivity contribution < 1.29 is 4.79 Å². The predicted octanol–water partition coefficient (Wildman–Crippen LogP) is 3.20. The highest BCUT2D eigenvalue weighted by Gasteiger charge is 2.10. The summed E-state index contributed by atoms with van der Waals surface area (Å²) < 4.78 is 0. The number of amides is 1. The van der Waals surface area contributed by atoms with Gasteiger partial charge in [-0.2, -0.15) is 0 Å². The van der Waals surface area contributed by atoms with Gasteiger partial charge in [0.1, 0.15) is 0 Å². The van der Waals surface area contributed by atoms with Gasteiger partial charge in [0.25, 0.3) is 5.91 Å². The standard InChI is InChI=1S/C14H16N2OS/c1-10(2)13-7-11(9-18-13)14(17)16-8-12-5-3-4-6-15-12/h3-7,9-10H,8H2,1-2H3,(H,16,17). The topological polar surface area (TPSA) is 42.0 Å². The molecule has 0 fully saturated rings. The van der Waals surface area contributed by atoms with Crippen LogP contribution in [0.4, 0.5) is 0 Å². The van der Waals surface area contributed by atoms with E-state index in [9.17, 15) is 4.79 Å². The van der Waals surface area contributed by atoms with E-state index in [-0.39, 0.29) is 5.91 Å². The van der Waals surface area contributed by atoms with Gasteiger partial charge < -0.3 is 5.32 Å². The van der Waals surface area contributed by atoms with Crippen LogP contribution in [0.1, 0.15) is 40.7 Å². The van der Waals surface area contributed by atoms with Gasteiger partial charge in [-0.1, -0.05) is 19.9 Å². The van der Waals surface area contributed by atoms with Crippen LogP contribution in [-0.2, 0) is 6.54 Å². The molecule has 3 nitrogen and oxygen atoms in total. The highest BCUT2D eigenvalue weighted by molar-refractivity contribution is 7.10. The second-order valence-corrected chi connectivity index (χ2v) is 5.34. The third-order valence-electron chi connectivity index (χ3n) is 2.61. The van der Waals surface area contributed by atoms with Crippen molar-refractivity contribution in [2.24, 2.45) is 0 Å². The van der Waals surface area contributed by atoms with Gasteiger partial charge in [0.2, 0.25) is 0 Å². The molecular formula is C14H16N2OS. The summed E-state index contributed by atoms with van der Waals surface area (Å²) in [6.45, 7) is 4.72. The van der Waals surface area contributed by atoms with Crippen molar-refractivity contribution in [2.75, 3.05) is 0 Å². The van der Waals surface area contributed by atoms with Crippen molar-refractivity contribution >= 4 is 17.2 Å². The number of hydrogen-bond donors (Lipinski definition) is 1. The summed E-state index contributed by atoms with van der Waals surface area (Å²) in [6, 6.07) is 7.63. The summed E-state index contributed by atoms with van der Waals surface area (Å²) in [6.07, 6.45) is 1.73. The van der Waals surface area contributed by atoms with Crippen LogP contribution in [0.5, 0.6) is 0 Å². The number of carbonyl (C=O) groups excluding carboxylic acids is 1. The summed E-state index contributed by atoms with van der Waals surface area (Å²) in [5.74, 6) is 0.427. The third-order valence-corrected chi connectivity index (χ3v) is 3.84. The van der Waals surface area contributed by atoms with E-state index in [0.29, 0.717) is 12.5 Å². The number of rotatable bonds is 4. The Labute approximate surface area is 111 Å². The number of aromatic nitrogens is 1. The van der Waals surface area contributed by atoms with Crippen molar-refractivity contribution in [3.63, 3.8) is 0 Å². The van der Waals surface area contributed by atoms with Gasteiger partial charge in [0.15, 0.2) is 0 Å². The van der Waals surface area contributed by atoms with Crippen LogP contribution in [0.15, 0.2) is 35.8 Å². The molecule has 0 bridgehead atoms. The van der Waals surface area contributed by atoms with Gasteiger partial charge >= 0.3 is 0 Å². The number of nitrogens with one attached hydrogen (secondary N) is 1. The number of thiophene rings is 1. The quantitative estimate of drug-likeness (QED) is 0.917. The smallest absolute Gasteiger partial charge is 0.252 e. The fraction of sp³-hybridized carbons (Fsp3) is 0.286. The number of carbonyl (C=O) groups is 1. The van der Waals surface area contributed by atoms with Gasteiger partial charge in [0.05, 0.1) is 17.8 Å². The van der Waals surface area contributed by atoms with Gasteiger partial charge in [-0.15, -0.1) is 11.3 Å². The molecule has 0 radical (unpaired) electrons. The van der Waals surface area contributed by atoms with E-state index in [2.05, 4.69) is 24.1 Å². The minimum Gasteiger partial charge on any atom is -0.346 e. The van der Waals surface area contributed by atoms with E-state index in [0.717, 1.165) is 11.3 Å². The molecule has 1 N–H and O–H groups in total.